The minimum Gasteiger partial charge on any atom is -0.480 e. The number of aromatic nitrogens is 3. The number of para-hydroxylation sites is 1. The number of hydrogen-bond acceptors (Lipinski definition) is 7. The molecule has 1 aromatic carbocycles. The monoisotopic (exact) mass is 446 g/mol. The van der Waals surface area contributed by atoms with E-state index in [-0.39, 0.29) is 0 Å². The standard InChI is InChI=1S/C24H26N6O3/c1-29-9-8-19-17(14-29)12-20(22(26-19)33-2)27-23-25-13-16-4-3-5-18(21(16)28-23)15-6-10-30(11-7-15)24(31)32/h3-6,12-13H,7-11,14H2,1-2H3,(H,31,32)(H,25,27,28). The van der Waals surface area contributed by atoms with Crippen LogP contribution in [0.15, 0.2) is 36.5 Å². The first-order chi connectivity index (χ1) is 16.0. The van der Waals surface area contributed by atoms with Crippen LogP contribution in [-0.2, 0) is 13.0 Å². The van der Waals surface area contributed by atoms with Crippen molar-refractivity contribution in [1.82, 2.24) is 24.8 Å². The third-order valence-electron chi connectivity index (χ3n) is 6.20. The molecule has 2 aliphatic heterocycles. The van der Waals surface area contributed by atoms with E-state index in [0.29, 0.717) is 31.3 Å². The van der Waals surface area contributed by atoms with E-state index in [1.165, 1.54) is 10.5 Å². The normalized spacial score (nSPS) is 16.3. The second-order valence-corrected chi connectivity index (χ2v) is 8.41. The first kappa shape index (κ1) is 21.1. The van der Waals surface area contributed by atoms with Crippen LogP contribution >= 0.6 is 0 Å². The maximum Gasteiger partial charge on any atom is 0.407 e. The average molecular weight is 447 g/mol. The highest BCUT2D eigenvalue weighted by Crippen LogP contribution is 2.32. The molecule has 0 fully saturated rings. The van der Waals surface area contributed by atoms with Gasteiger partial charge in [0.2, 0.25) is 11.8 Å². The molecule has 0 saturated carbocycles. The summed E-state index contributed by atoms with van der Waals surface area (Å²) in [7, 11) is 3.72. The number of anilines is 2. The van der Waals surface area contributed by atoms with E-state index in [4.69, 9.17) is 14.7 Å². The molecular weight excluding hydrogens is 420 g/mol. The summed E-state index contributed by atoms with van der Waals surface area (Å²) in [6.07, 6.45) is 4.42. The van der Waals surface area contributed by atoms with Crippen molar-refractivity contribution in [2.45, 2.75) is 19.4 Å². The van der Waals surface area contributed by atoms with Gasteiger partial charge in [0.05, 0.1) is 18.3 Å². The van der Waals surface area contributed by atoms with Crippen LogP contribution in [0.2, 0.25) is 0 Å². The van der Waals surface area contributed by atoms with Gasteiger partial charge in [0, 0.05) is 49.7 Å². The molecule has 1 amide bonds. The highest BCUT2D eigenvalue weighted by atomic mass is 16.5. The molecule has 5 rings (SSSR count). The Morgan fingerprint density at radius 3 is 2.85 bits per heavy atom. The lowest BCUT2D eigenvalue weighted by Gasteiger charge is -2.25. The van der Waals surface area contributed by atoms with Crippen LogP contribution in [-0.4, -0.2) is 69.7 Å². The molecule has 0 radical (unpaired) electrons. The van der Waals surface area contributed by atoms with Crippen LogP contribution in [0, 0.1) is 0 Å². The van der Waals surface area contributed by atoms with Crippen LogP contribution in [0.4, 0.5) is 16.4 Å². The van der Waals surface area contributed by atoms with Gasteiger partial charge in [-0.1, -0.05) is 24.3 Å². The first-order valence-electron chi connectivity index (χ1n) is 11.0. The Bertz CT molecular complexity index is 1260. The predicted octanol–water partition coefficient (Wildman–Crippen LogP) is 3.53. The van der Waals surface area contributed by atoms with E-state index in [0.717, 1.165) is 52.9 Å². The van der Waals surface area contributed by atoms with Gasteiger partial charge in [-0.25, -0.2) is 19.7 Å². The van der Waals surface area contributed by atoms with Gasteiger partial charge in [0.1, 0.15) is 5.69 Å². The molecule has 3 aromatic rings. The van der Waals surface area contributed by atoms with Crippen molar-refractivity contribution in [2.75, 3.05) is 39.1 Å². The summed E-state index contributed by atoms with van der Waals surface area (Å²) in [5.74, 6) is 0.988. The Morgan fingerprint density at radius 1 is 1.21 bits per heavy atom. The zero-order valence-electron chi connectivity index (χ0n) is 18.7. The highest BCUT2D eigenvalue weighted by Gasteiger charge is 2.20. The minimum absolute atomic E-state index is 0.379. The second-order valence-electron chi connectivity index (χ2n) is 8.41. The van der Waals surface area contributed by atoms with Gasteiger partial charge >= 0.3 is 6.09 Å². The van der Waals surface area contributed by atoms with E-state index < -0.39 is 6.09 Å². The van der Waals surface area contributed by atoms with Gasteiger partial charge in [-0.2, -0.15) is 0 Å². The maximum absolute atomic E-state index is 11.2. The number of methoxy groups -OCH3 is 1. The summed E-state index contributed by atoms with van der Waals surface area (Å²) in [6.45, 7) is 2.67. The maximum atomic E-state index is 11.2. The van der Waals surface area contributed by atoms with Crippen molar-refractivity contribution in [1.29, 1.82) is 0 Å². The molecule has 0 spiro atoms. The molecule has 9 heteroatoms. The zero-order valence-corrected chi connectivity index (χ0v) is 18.7. The number of amides is 1. The second kappa shape index (κ2) is 8.67. The quantitative estimate of drug-likeness (QED) is 0.627. The third-order valence-corrected chi connectivity index (χ3v) is 6.20. The number of carbonyl (C=O) groups is 1. The molecule has 33 heavy (non-hydrogen) atoms. The van der Waals surface area contributed by atoms with Crippen molar-refractivity contribution in [3.63, 3.8) is 0 Å². The fourth-order valence-electron chi connectivity index (χ4n) is 4.42. The SMILES string of the molecule is COc1nc2c(cc1Nc1ncc3cccc(C4=CCN(C(=O)O)CC4)c3n1)CN(C)CC2. The number of hydrogen-bond donors (Lipinski definition) is 2. The van der Waals surface area contributed by atoms with E-state index in [9.17, 15) is 9.90 Å². The molecule has 0 atom stereocenters. The van der Waals surface area contributed by atoms with Gasteiger partial charge in [-0.15, -0.1) is 0 Å². The van der Waals surface area contributed by atoms with E-state index in [1.807, 2.05) is 24.3 Å². The predicted molar refractivity (Wildman–Crippen MR) is 126 cm³/mol. The van der Waals surface area contributed by atoms with Crippen LogP contribution in [0.3, 0.4) is 0 Å². The topological polar surface area (TPSA) is 104 Å². The number of ether oxygens (including phenoxy) is 1. The molecule has 2 N–H and O–H groups in total. The average Bonchev–Trinajstić information content (AvgIpc) is 2.83. The number of nitrogens with zero attached hydrogens (tertiary/aromatic N) is 5. The molecular formula is C24H26N6O3. The zero-order chi connectivity index (χ0) is 22.9. The third kappa shape index (κ3) is 4.19. The molecule has 0 unspecified atom stereocenters. The lowest BCUT2D eigenvalue weighted by Crippen LogP contribution is -2.33. The summed E-state index contributed by atoms with van der Waals surface area (Å²) in [4.78, 5) is 28.9. The molecule has 170 valence electrons. The molecule has 0 saturated heterocycles. The molecule has 0 aliphatic carbocycles. The van der Waals surface area contributed by atoms with Gasteiger partial charge in [0.25, 0.3) is 0 Å². The Kier molecular flexibility index (Phi) is 5.55. The molecule has 9 nitrogen and oxygen atoms in total. The summed E-state index contributed by atoms with van der Waals surface area (Å²) in [6, 6.07) is 8.05. The number of rotatable bonds is 4. The molecule has 2 aliphatic rings. The van der Waals surface area contributed by atoms with Crippen LogP contribution in [0.5, 0.6) is 5.88 Å². The van der Waals surface area contributed by atoms with Gasteiger partial charge in [-0.3, -0.25) is 0 Å². The summed E-state index contributed by atoms with van der Waals surface area (Å²) in [5, 5.41) is 13.5. The number of likely N-dealkylation sites (N-methyl/N-ethyl adjacent to an activating group) is 1. The minimum atomic E-state index is -0.893. The van der Waals surface area contributed by atoms with Crippen molar-refractivity contribution in [3.8, 4) is 5.88 Å². The Labute approximate surface area is 191 Å². The Morgan fingerprint density at radius 2 is 2.09 bits per heavy atom. The fraction of sp³-hybridized carbons (Fsp3) is 0.333. The Hall–Kier alpha value is -3.72. The van der Waals surface area contributed by atoms with Crippen molar-refractivity contribution >= 4 is 34.2 Å². The van der Waals surface area contributed by atoms with Crippen LogP contribution in [0.25, 0.3) is 16.5 Å². The van der Waals surface area contributed by atoms with E-state index in [1.54, 1.807) is 13.3 Å². The van der Waals surface area contributed by atoms with E-state index in [2.05, 4.69) is 28.3 Å². The number of pyridine rings is 1. The summed E-state index contributed by atoms with van der Waals surface area (Å²) < 4.78 is 5.54. The smallest absolute Gasteiger partial charge is 0.407 e. The van der Waals surface area contributed by atoms with Gasteiger partial charge < -0.3 is 25.0 Å². The van der Waals surface area contributed by atoms with Crippen molar-refractivity contribution in [3.05, 3.63) is 53.4 Å². The highest BCUT2D eigenvalue weighted by molar-refractivity contribution is 5.91. The van der Waals surface area contributed by atoms with Crippen LogP contribution in [0.1, 0.15) is 23.2 Å². The lowest BCUT2D eigenvalue weighted by atomic mass is 9.97. The van der Waals surface area contributed by atoms with Gasteiger partial charge in [-0.05, 0) is 30.7 Å². The Balaban J connectivity index is 1.49. The number of nitrogens with one attached hydrogen (secondary N) is 1. The van der Waals surface area contributed by atoms with Crippen LogP contribution < -0.4 is 10.1 Å². The van der Waals surface area contributed by atoms with Crippen molar-refractivity contribution < 1.29 is 14.6 Å². The number of fused-ring (bicyclic) bond motifs is 2. The first-order valence-corrected chi connectivity index (χ1v) is 11.0. The van der Waals surface area contributed by atoms with E-state index >= 15 is 0 Å². The van der Waals surface area contributed by atoms with Gasteiger partial charge in [0.15, 0.2) is 0 Å². The molecule has 4 heterocycles. The van der Waals surface area contributed by atoms with Crippen molar-refractivity contribution in [2.24, 2.45) is 0 Å². The summed E-state index contributed by atoms with van der Waals surface area (Å²) in [5.41, 5.74) is 5.90. The number of benzene rings is 1. The molecule has 0 bridgehead atoms. The number of carboxylic acid groups (broad SMARTS) is 1. The molecule has 2 aromatic heterocycles. The summed E-state index contributed by atoms with van der Waals surface area (Å²) >= 11 is 0. The largest absolute Gasteiger partial charge is 0.480 e. The fourth-order valence-corrected chi connectivity index (χ4v) is 4.42. The lowest BCUT2D eigenvalue weighted by molar-refractivity contribution is 0.150.